The lowest BCUT2D eigenvalue weighted by atomic mass is 9.99. The third kappa shape index (κ3) is 3.48. The number of aryl methyl sites for hydroxylation is 1. The minimum atomic E-state index is -1.63. The summed E-state index contributed by atoms with van der Waals surface area (Å²) in [5, 5.41) is 12.3. The molecule has 0 saturated carbocycles. The predicted octanol–water partition coefficient (Wildman–Crippen LogP) is 2.77. The van der Waals surface area contributed by atoms with Gasteiger partial charge in [-0.25, -0.2) is 4.39 Å². The second kappa shape index (κ2) is 7.44. The molecule has 28 heavy (non-hydrogen) atoms. The van der Waals surface area contributed by atoms with E-state index in [2.05, 4.69) is 5.32 Å². The number of aliphatic hydroxyl groups excluding tert-OH is 1. The van der Waals surface area contributed by atoms with Crippen LogP contribution in [0.5, 0.6) is 0 Å². The smallest absolute Gasteiger partial charge is 0.256 e. The summed E-state index contributed by atoms with van der Waals surface area (Å²) < 4.78 is 20.5. The lowest BCUT2D eigenvalue weighted by molar-refractivity contribution is -0.124. The average Bonchev–Trinajstić information content (AvgIpc) is 3.02. The van der Waals surface area contributed by atoms with E-state index in [1.807, 2.05) is 0 Å². The maximum absolute atomic E-state index is 14.9. The molecule has 146 valence electrons. The fraction of sp³-hybridized carbons (Fsp3) is 0.238. The molecule has 2 aromatic carbocycles. The molecule has 1 aromatic heterocycles. The SMILES string of the molecule is Cc1oc2ccc(C(F)c3ccccc3)cc2c1C(=O)N[C@@](C)(CO)C(N)=O. The van der Waals surface area contributed by atoms with Crippen LogP contribution in [0.4, 0.5) is 4.39 Å². The van der Waals surface area contributed by atoms with Gasteiger partial charge in [-0.3, -0.25) is 9.59 Å². The van der Waals surface area contributed by atoms with E-state index in [0.29, 0.717) is 27.9 Å². The first-order valence-electron chi connectivity index (χ1n) is 8.72. The number of hydrogen-bond acceptors (Lipinski definition) is 4. The van der Waals surface area contributed by atoms with Crippen LogP contribution in [-0.4, -0.2) is 29.1 Å². The Kier molecular flexibility index (Phi) is 5.20. The van der Waals surface area contributed by atoms with E-state index in [1.165, 1.54) is 6.92 Å². The van der Waals surface area contributed by atoms with E-state index in [4.69, 9.17) is 10.2 Å². The lowest BCUT2D eigenvalue weighted by Crippen LogP contribution is -2.57. The van der Waals surface area contributed by atoms with Crippen LogP contribution in [0.2, 0.25) is 0 Å². The molecule has 3 rings (SSSR count). The fourth-order valence-electron chi connectivity index (χ4n) is 2.98. The summed E-state index contributed by atoms with van der Waals surface area (Å²) >= 11 is 0. The zero-order valence-electron chi connectivity index (χ0n) is 15.5. The zero-order chi connectivity index (χ0) is 20.5. The van der Waals surface area contributed by atoms with Gasteiger partial charge in [0.1, 0.15) is 16.9 Å². The van der Waals surface area contributed by atoms with E-state index in [1.54, 1.807) is 55.5 Å². The number of hydrogen-bond donors (Lipinski definition) is 3. The number of furan rings is 1. The van der Waals surface area contributed by atoms with Gasteiger partial charge in [0.05, 0.1) is 12.2 Å². The van der Waals surface area contributed by atoms with Crippen molar-refractivity contribution in [3.8, 4) is 0 Å². The quantitative estimate of drug-likeness (QED) is 0.608. The molecule has 0 fully saturated rings. The van der Waals surface area contributed by atoms with Gasteiger partial charge in [0.25, 0.3) is 5.91 Å². The number of rotatable bonds is 6. The highest BCUT2D eigenvalue weighted by molar-refractivity contribution is 6.09. The maximum atomic E-state index is 14.9. The average molecular weight is 384 g/mol. The Morgan fingerprint density at radius 2 is 1.89 bits per heavy atom. The highest BCUT2D eigenvalue weighted by Gasteiger charge is 2.34. The molecule has 0 bridgehead atoms. The number of fused-ring (bicyclic) bond motifs is 1. The highest BCUT2D eigenvalue weighted by atomic mass is 19.1. The molecule has 1 heterocycles. The molecule has 0 saturated heterocycles. The molecule has 7 heteroatoms. The van der Waals surface area contributed by atoms with Gasteiger partial charge >= 0.3 is 0 Å². The van der Waals surface area contributed by atoms with E-state index in [-0.39, 0.29) is 5.56 Å². The van der Waals surface area contributed by atoms with Crippen molar-refractivity contribution < 1.29 is 23.5 Å². The second-order valence-corrected chi connectivity index (χ2v) is 6.87. The monoisotopic (exact) mass is 384 g/mol. The largest absolute Gasteiger partial charge is 0.461 e. The van der Waals surface area contributed by atoms with Crippen LogP contribution in [0.3, 0.4) is 0 Å². The molecule has 2 amide bonds. The normalized spacial score (nSPS) is 14.4. The van der Waals surface area contributed by atoms with Crippen LogP contribution in [0.1, 0.15) is 40.3 Å². The van der Waals surface area contributed by atoms with Crippen molar-refractivity contribution in [3.63, 3.8) is 0 Å². The number of benzene rings is 2. The van der Waals surface area contributed by atoms with Crippen molar-refractivity contribution in [3.05, 3.63) is 71.0 Å². The summed E-state index contributed by atoms with van der Waals surface area (Å²) in [7, 11) is 0. The van der Waals surface area contributed by atoms with E-state index < -0.39 is 30.1 Å². The molecule has 0 radical (unpaired) electrons. The van der Waals surface area contributed by atoms with Crippen LogP contribution >= 0.6 is 0 Å². The minimum Gasteiger partial charge on any atom is -0.461 e. The van der Waals surface area contributed by atoms with Gasteiger partial charge < -0.3 is 20.6 Å². The van der Waals surface area contributed by atoms with Gasteiger partial charge in [0.2, 0.25) is 5.91 Å². The van der Waals surface area contributed by atoms with Crippen LogP contribution in [0.15, 0.2) is 52.9 Å². The van der Waals surface area contributed by atoms with Crippen molar-refractivity contribution in [2.45, 2.75) is 25.6 Å². The Labute approximate surface area is 161 Å². The molecule has 0 aliphatic heterocycles. The second-order valence-electron chi connectivity index (χ2n) is 6.87. The third-order valence-corrected chi connectivity index (χ3v) is 4.75. The molecule has 0 aliphatic carbocycles. The van der Waals surface area contributed by atoms with Gasteiger partial charge in [-0.15, -0.1) is 0 Å². The first-order valence-corrected chi connectivity index (χ1v) is 8.72. The Bertz CT molecular complexity index is 1030. The Morgan fingerprint density at radius 3 is 2.50 bits per heavy atom. The van der Waals surface area contributed by atoms with Crippen LogP contribution < -0.4 is 11.1 Å². The number of primary amides is 1. The van der Waals surface area contributed by atoms with Gasteiger partial charge in [-0.1, -0.05) is 36.4 Å². The topological polar surface area (TPSA) is 106 Å². The van der Waals surface area contributed by atoms with Crippen LogP contribution in [0, 0.1) is 6.92 Å². The molecular weight excluding hydrogens is 363 g/mol. The summed E-state index contributed by atoms with van der Waals surface area (Å²) in [6, 6.07) is 13.4. The third-order valence-electron chi connectivity index (χ3n) is 4.75. The maximum Gasteiger partial charge on any atom is 0.256 e. The molecule has 1 unspecified atom stereocenters. The Hall–Kier alpha value is -3.19. The number of halogens is 1. The number of nitrogens with one attached hydrogen (secondary N) is 1. The van der Waals surface area contributed by atoms with Gasteiger partial charge in [0, 0.05) is 5.39 Å². The summed E-state index contributed by atoms with van der Waals surface area (Å²) in [5.74, 6) is -1.20. The van der Waals surface area contributed by atoms with Gasteiger partial charge in [0.15, 0.2) is 6.17 Å². The lowest BCUT2D eigenvalue weighted by Gasteiger charge is -2.24. The summed E-state index contributed by atoms with van der Waals surface area (Å²) in [6.07, 6.45) is -1.37. The van der Waals surface area contributed by atoms with Crippen LogP contribution in [-0.2, 0) is 4.79 Å². The summed E-state index contributed by atoms with van der Waals surface area (Å²) in [4.78, 5) is 24.4. The molecular formula is C21H21FN2O4. The number of nitrogens with two attached hydrogens (primary N) is 1. The van der Waals surface area contributed by atoms with Crippen molar-refractivity contribution in [2.75, 3.05) is 6.61 Å². The van der Waals surface area contributed by atoms with Crippen molar-refractivity contribution in [1.29, 1.82) is 0 Å². The molecule has 2 atom stereocenters. The Balaban J connectivity index is 2.02. The number of alkyl halides is 1. The van der Waals surface area contributed by atoms with E-state index in [9.17, 15) is 19.1 Å². The van der Waals surface area contributed by atoms with Gasteiger partial charge in [-0.05, 0) is 37.1 Å². The summed E-state index contributed by atoms with van der Waals surface area (Å²) in [5.41, 5.74) is 5.09. The first-order chi connectivity index (χ1) is 13.3. The molecule has 3 aromatic rings. The molecule has 0 spiro atoms. The van der Waals surface area contributed by atoms with Crippen molar-refractivity contribution >= 4 is 22.8 Å². The number of carbonyl (C=O) groups excluding carboxylic acids is 2. The first kappa shape index (κ1) is 19.6. The number of carbonyl (C=O) groups is 2. The van der Waals surface area contributed by atoms with Crippen molar-refractivity contribution in [2.24, 2.45) is 5.73 Å². The molecule has 0 aliphatic rings. The van der Waals surface area contributed by atoms with E-state index in [0.717, 1.165) is 0 Å². The molecule has 4 N–H and O–H groups in total. The Morgan fingerprint density at radius 1 is 1.21 bits per heavy atom. The standard InChI is InChI=1S/C21H21FN2O4/c1-12-17(19(26)24-21(2,11-25)20(23)27)15-10-14(8-9-16(15)28-12)18(22)13-6-4-3-5-7-13/h3-10,18,25H,11H2,1-2H3,(H2,23,27)(H,24,26)/t18?,21-/m0/s1. The van der Waals surface area contributed by atoms with Crippen LogP contribution in [0.25, 0.3) is 11.0 Å². The fourth-order valence-corrected chi connectivity index (χ4v) is 2.98. The molecule has 6 nitrogen and oxygen atoms in total. The van der Waals surface area contributed by atoms with Gasteiger partial charge in [-0.2, -0.15) is 0 Å². The highest BCUT2D eigenvalue weighted by Crippen LogP contribution is 2.32. The minimum absolute atomic E-state index is 0.165. The van der Waals surface area contributed by atoms with E-state index >= 15 is 0 Å². The number of aliphatic hydroxyl groups is 1. The summed E-state index contributed by atoms with van der Waals surface area (Å²) in [6.45, 7) is 2.26. The number of amides is 2. The predicted molar refractivity (Wildman–Crippen MR) is 102 cm³/mol. The zero-order valence-corrected chi connectivity index (χ0v) is 15.5. The van der Waals surface area contributed by atoms with Crippen molar-refractivity contribution in [1.82, 2.24) is 5.32 Å².